The minimum atomic E-state index is -0.214. The average Bonchev–Trinajstić information content (AvgIpc) is 2.60. The maximum Gasteiger partial charge on any atom is 0.258 e. The fraction of sp³-hybridized carbons (Fsp3) is 0.278. The minimum Gasteiger partial charge on any atom is -0.496 e. The molecule has 0 aliphatic rings. The number of carbonyl (C=O) groups excluding carboxylic acids is 1. The van der Waals surface area contributed by atoms with E-state index in [1.165, 1.54) is 0 Å². The third-order valence-corrected chi connectivity index (χ3v) is 3.41. The van der Waals surface area contributed by atoms with Crippen LogP contribution in [0.2, 0.25) is 0 Å². The highest BCUT2D eigenvalue weighted by Crippen LogP contribution is 2.26. The van der Waals surface area contributed by atoms with E-state index < -0.39 is 0 Å². The Morgan fingerprint density at radius 1 is 0.957 bits per heavy atom. The molecule has 5 nitrogen and oxygen atoms in total. The molecule has 0 aliphatic heterocycles. The molecule has 1 amide bonds. The van der Waals surface area contributed by atoms with E-state index in [1.54, 1.807) is 26.4 Å². The highest BCUT2D eigenvalue weighted by atomic mass is 16.5. The number of ether oxygens (including phenoxy) is 3. The van der Waals surface area contributed by atoms with Crippen molar-refractivity contribution in [3.63, 3.8) is 0 Å². The Hall–Kier alpha value is -2.69. The lowest BCUT2D eigenvalue weighted by Crippen LogP contribution is -2.31. The molecule has 0 spiro atoms. The van der Waals surface area contributed by atoms with E-state index in [0.29, 0.717) is 11.5 Å². The van der Waals surface area contributed by atoms with Crippen molar-refractivity contribution in [1.82, 2.24) is 5.32 Å². The smallest absolute Gasteiger partial charge is 0.258 e. The summed E-state index contributed by atoms with van der Waals surface area (Å²) in [5.74, 6) is 1.66. The van der Waals surface area contributed by atoms with Gasteiger partial charge in [0.2, 0.25) is 0 Å². The zero-order valence-electron chi connectivity index (χ0n) is 13.5. The standard InChI is InChI=1S/C18H21NO4/c1-13(14-8-4-5-9-15(14)21-2)19-18(20)12-23-17-11-7-6-10-16(17)22-3/h4-11,13H,12H2,1-3H3,(H,19,20). The highest BCUT2D eigenvalue weighted by Gasteiger charge is 2.14. The summed E-state index contributed by atoms with van der Waals surface area (Å²) in [6, 6.07) is 14.6. The topological polar surface area (TPSA) is 56.8 Å². The van der Waals surface area contributed by atoms with Gasteiger partial charge in [-0.3, -0.25) is 4.79 Å². The van der Waals surface area contributed by atoms with Crippen molar-refractivity contribution in [3.05, 3.63) is 54.1 Å². The molecule has 0 radical (unpaired) electrons. The normalized spacial score (nSPS) is 11.4. The van der Waals surface area contributed by atoms with Gasteiger partial charge in [-0.05, 0) is 25.1 Å². The van der Waals surface area contributed by atoms with Gasteiger partial charge in [-0.2, -0.15) is 0 Å². The number of amides is 1. The lowest BCUT2D eigenvalue weighted by Gasteiger charge is -2.17. The fourth-order valence-corrected chi connectivity index (χ4v) is 2.27. The Morgan fingerprint density at radius 2 is 1.52 bits per heavy atom. The molecule has 122 valence electrons. The van der Waals surface area contributed by atoms with Gasteiger partial charge in [0.1, 0.15) is 5.75 Å². The van der Waals surface area contributed by atoms with Gasteiger partial charge in [-0.25, -0.2) is 0 Å². The minimum absolute atomic E-state index is 0.0835. The Bertz CT molecular complexity index is 657. The van der Waals surface area contributed by atoms with Crippen molar-refractivity contribution in [2.45, 2.75) is 13.0 Å². The summed E-state index contributed by atoms with van der Waals surface area (Å²) in [5, 5.41) is 2.89. The lowest BCUT2D eigenvalue weighted by atomic mass is 10.1. The quantitative estimate of drug-likeness (QED) is 0.853. The first-order chi connectivity index (χ1) is 11.2. The number of methoxy groups -OCH3 is 2. The largest absolute Gasteiger partial charge is 0.496 e. The second-order valence-corrected chi connectivity index (χ2v) is 4.97. The average molecular weight is 315 g/mol. The first kappa shape index (κ1) is 16.7. The zero-order chi connectivity index (χ0) is 16.7. The van der Waals surface area contributed by atoms with Crippen LogP contribution in [0.4, 0.5) is 0 Å². The van der Waals surface area contributed by atoms with Crippen molar-refractivity contribution in [2.75, 3.05) is 20.8 Å². The third kappa shape index (κ3) is 4.39. The molecule has 23 heavy (non-hydrogen) atoms. The Balaban J connectivity index is 1.94. The van der Waals surface area contributed by atoms with Crippen molar-refractivity contribution in [3.8, 4) is 17.2 Å². The maximum atomic E-state index is 12.1. The summed E-state index contributed by atoms with van der Waals surface area (Å²) in [6.07, 6.45) is 0. The lowest BCUT2D eigenvalue weighted by molar-refractivity contribution is -0.123. The molecule has 0 aliphatic carbocycles. The number of hydrogen-bond acceptors (Lipinski definition) is 4. The van der Waals surface area contributed by atoms with Crippen molar-refractivity contribution in [1.29, 1.82) is 0 Å². The highest BCUT2D eigenvalue weighted by molar-refractivity contribution is 5.78. The predicted molar refractivity (Wildman–Crippen MR) is 88.0 cm³/mol. The van der Waals surface area contributed by atoms with Crippen LogP contribution in [0, 0.1) is 0 Å². The van der Waals surface area contributed by atoms with Crippen LogP contribution in [0.1, 0.15) is 18.5 Å². The van der Waals surface area contributed by atoms with E-state index >= 15 is 0 Å². The van der Waals surface area contributed by atoms with Crippen LogP contribution in [-0.4, -0.2) is 26.7 Å². The molecule has 5 heteroatoms. The Morgan fingerprint density at radius 3 is 2.17 bits per heavy atom. The fourth-order valence-electron chi connectivity index (χ4n) is 2.27. The van der Waals surface area contributed by atoms with Crippen LogP contribution < -0.4 is 19.5 Å². The first-order valence-electron chi connectivity index (χ1n) is 7.33. The number of para-hydroxylation sites is 3. The second-order valence-electron chi connectivity index (χ2n) is 4.97. The van der Waals surface area contributed by atoms with Crippen LogP contribution in [-0.2, 0) is 4.79 Å². The van der Waals surface area contributed by atoms with E-state index in [1.807, 2.05) is 43.3 Å². The van der Waals surface area contributed by atoms with Gasteiger partial charge in [0, 0.05) is 5.56 Å². The molecule has 2 aromatic carbocycles. The molecule has 2 rings (SSSR count). The van der Waals surface area contributed by atoms with E-state index in [2.05, 4.69) is 5.32 Å². The van der Waals surface area contributed by atoms with Gasteiger partial charge in [-0.1, -0.05) is 30.3 Å². The van der Waals surface area contributed by atoms with Crippen LogP contribution in [0.3, 0.4) is 0 Å². The number of benzene rings is 2. The van der Waals surface area contributed by atoms with Gasteiger partial charge in [-0.15, -0.1) is 0 Å². The van der Waals surface area contributed by atoms with Crippen LogP contribution in [0.25, 0.3) is 0 Å². The molecule has 0 fully saturated rings. The maximum absolute atomic E-state index is 12.1. The summed E-state index contributed by atoms with van der Waals surface area (Å²) < 4.78 is 16.0. The summed E-state index contributed by atoms with van der Waals surface area (Å²) in [6.45, 7) is 1.82. The van der Waals surface area contributed by atoms with Gasteiger partial charge in [0.05, 0.1) is 20.3 Å². The Labute approximate surface area is 136 Å². The van der Waals surface area contributed by atoms with Gasteiger partial charge >= 0.3 is 0 Å². The molecular weight excluding hydrogens is 294 g/mol. The van der Waals surface area contributed by atoms with E-state index in [9.17, 15) is 4.79 Å². The summed E-state index contributed by atoms with van der Waals surface area (Å²) in [7, 11) is 3.17. The molecule has 0 heterocycles. The van der Waals surface area contributed by atoms with Crippen LogP contribution >= 0.6 is 0 Å². The monoisotopic (exact) mass is 315 g/mol. The van der Waals surface area contributed by atoms with Crippen molar-refractivity contribution < 1.29 is 19.0 Å². The predicted octanol–water partition coefficient (Wildman–Crippen LogP) is 2.96. The SMILES string of the molecule is COc1ccccc1OCC(=O)NC(C)c1ccccc1OC. The molecule has 0 bridgehead atoms. The molecule has 0 saturated heterocycles. The van der Waals surface area contributed by atoms with E-state index in [4.69, 9.17) is 14.2 Å². The summed E-state index contributed by atoms with van der Waals surface area (Å²) in [5.41, 5.74) is 0.917. The van der Waals surface area contributed by atoms with Crippen molar-refractivity contribution in [2.24, 2.45) is 0 Å². The van der Waals surface area contributed by atoms with Crippen molar-refractivity contribution >= 4 is 5.91 Å². The molecule has 1 unspecified atom stereocenters. The van der Waals surface area contributed by atoms with Gasteiger partial charge in [0.25, 0.3) is 5.91 Å². The summed E-state index contributed by atoms with van der Waals surface area (Å²) >= 11 is 0. The molecule has 0 saturated carbocycles. The van der Waals surface area contributed by atoms with Gasteiger partial charge in [0.15, 0.2) is 18.1 Å². The number of carbonyl (C=O) groups is 1. The van der Waals surface area contributed by atoms with E-state index in [-0.39, 0.29) is 18.6 Å². The number of nitrogens with one attached hydrogen (secondary N) is 1. The molecular formula is C18H21NO4. The number of rotatable bonds is 7. The molecule has 1 atom stereocenters. The molecule has 2 aromatic rings. The summed E-state index contributed by atoms with van der Waals surface area (Å²) in [4.78, 5) is 12.1. The third-order valence-electron chi connectivity index (χ3n) is 3.41. The number of hydrogen-bond donors (Lipinski definition) is 1. The van der Waals surface area contributed by atoms with Gasteiger partial charge < -0.3 is 19.5 Å². The van der Waals surface area contributed by atoms with E-state index in [0.717, 1.165) is 11.3 Å². The van der Waals surface area contributed by atoms with Crippen LogP contribution in [0.15, 0.2) is 48.5 Å². The molecule has 0 aromatic heterocycles. The van der Waals surface area contributed by atoms with Crippen LogP contribution in [0.5, 0.6) is 17.2 Å². The Kier molecular flexibility index (Phi) is 5.86. The first-order valence-corrected chi connectivity index (χ1v) is 7.33. The zero-order valence-corrected chi connectivity index (χ0v) is 13.5. The molecule has 1 N–H and O–H groups in total. The second kappa shape index (κ2) is 8.08.